The van der Waals surface area contributed by atoms with Crippen molar-refractivity contribution in [1.29, 1.82) is 0 Å². The predicted octanol–water partition coefficient (Wildman–Crippen LogP) is 0.644. The zero-order valence-corrected chi connectivity index (χ0v) is 8.45. The summed E-state index contributed by atoms with van der Waals surface area (Å²) >= 11 is 0. The Hall–Kier alpha value is -1.35. The van der Waals surface area contributed by atoms with E-state index < -0.39 is 6.10 Å². The fraction of sp³-hybridized carbons (Fsp3) is 0.364. The first-order valence-electron chi connectivity index (χ1n) is 4.58. The fourth-order valence-electron chi connectivity index (χ4n) is 1.21. The van der Waals surface area contributed by atoms with Crippen LogP contribution in [-0.4, -0.2) is 24.2 Å². The molecule has 1 amide bonds. The normalized spacial score (nSPS) is 12.2. The number of hydrogen-bond donors (Lipinski definition) is 2. The highest BCUT2D eigenvalue weighted by atomic mass is 16.3. The van der Waals surface area contributed by atoms with E-state index >= 15 is 0 Å². The first kappa shape index (κ1) is 10.7. The lowest BCUT2D eigenvalue weighted by Crippen LogP contribution is -2.33. The molecule has 2 N–H and O–H groups in total. The van der Waals surface area contributed by atoms with E-state index in [2.05, 4.69) is 5.32 Å². The molecular weight excluding hydrogens is 178 g/mol. The van der Waals surface area contributed by atoms with Crippen LogP contribution in [0.5, 0.6) is 0 Å². The van der Waals surface area contributed by atoms with Gasteiger partial charge in [0.2, 0.25) is 5.91 Å². The van der Waals surface area contributed by atoms with Crippen molar-refractivity contribution < 1.29 is 9.90 Å². The highest BCUT2D eigenvalue weighted by Gasteiger charge is 2.12. The first-order chi connectivity index (χ1) is 6.63. The van der Waals surface area contributed by atoms with E-state index in [1.54, 1.807) is 0 Å². The number of nitrogens with one attached hydrogen (secondary N) is 1. The molecule has 0 saturated heterocycles. The zero-order chi connectivity index (χ0) is 10.6. The van der Waals surface area contributed by atoms with E-state index in [-0.39, 0.29) is 5.91 Å². The molecular formula is C11H15NO2. The maximum Gasteiger partial charge on any atom is 0.248 e. The number of carbonyl (C=O) groups is 1. The van der Waals surface area contributed by atoms with E-state index in [0.29, 0.717) is 6.42 Å². The molecule has 0 heterocycles. The number of hydrogen-bond acceptors (Lipinski definition) is 2. The molecule has 1 aromatic carbocycles. The summed E-state index contributed by atoms with van der Waals surface area (Å²) in [5.41, 5.74) is 2.13. The Morgan fingerprint density at radius 3 is 2.50 bits per heavy atom. The minimum Gasteiger partial charge on any atom is -0.383 e. The summed E-state index contributed by atoms with van der Waals surface area (Å²) in [6.45, 7) is 2.00. The Morgan fingerprint density at radius 1 is 1.43 bits per heavy atom. The van der Waals surface area contributed by atoms with Gasteiger partial charge in [0.15, 0.2) is 0 Å². The lowest BCUT2D eigenvalue weighted by atomic mass is 10.1. The third-order valence-electron chi connectivity index (χ3n) is 2.10. The average molecular weight is 193 g/mol. The van der Waals surface area contributed by atoms with Gasteiger partial charge in [0.05, 0.1) is 0 Å². The third kappa shape index (κ3) is 2.85. The summed E-state index contributed by atoms with van der Waals surface area (Å²) in [7, 11) is 1.51. The van der Waals surface area contributed by atoms with Crippen LogP contribution < -0.4 is 5.32 Å². The van der Waals surface area contributed by atoms with Gasteiger partial charge in [0.1, 0.15) is 6.10 Å². The van der Waals surface area contributed by atoms with E-state index in [0.717, 1.165) is 5.56 Å². The van der Waals surface area contributed by atoms with E-state index in [4.69, 9.17) is 0 Å². The summed E-state index contributed by atoms with van der Waals surface area (Å²) in [5.74, 6) is -0.342. The second-order valence-electron chi connectivity index (χ2n) is 3.32. The van der Waals surface area contributed by atoms with Crippen molar-refractivity contribution in [3.05, 3.63) is 35.4 Å². The van der Waals surface area contributed by atoms with Gasteiger partial charge in [-0.2, -0.15) is 0 Å². The van der Waals surface area contributed by atoms with Gasteiger partial charge in [-0.15, -0.1) is 0 Å². The summed E-state index contributed by atoms with van der Waals surface area (Å²) in [6, 6.07) is 7.76. The molecule has 0 bridgehead atoms. The van der Waals surface area contributed by atoms with Crippen molar-refractivity contribution in [1.82, 2.24) is 5.32 Å². The number of carbonyl (C=O) groups excluding carboxylic acids is 1. The molecule has 3 nitrogen and oxygen atoms in total. The largest absolute Gasteiger partial charge is 0.383 e. The van der Waals surface area contributed by atoms with Crippen LogP contribution in [0.15, 0.2) is 24.3 Å². The number of benzene rings is 1. The maximum atomic E-state index is 11.0. The minimum absolute atomic E-state index is 0.342. The van der Waals surface area contributed by atoms with Crippen molar-refractivity contribution in [2.45, 2.75) is 19.4 Å². The fourth-order valence-corrected chi connectivity index (χ4v) is 1.21. The van der Waals surface area contributed by atoms with Crippen LogP contribution >= 0.6 is 0 Å². The summed E-state index contributed by atoms with van der Waals surface area (Å²) < 4.78 is 0. The molecule has 14 heavy (non-hydrogen) atoms. The molecule has 3 heteroatoms. The summed E-state index contributed by atoms with van der Waals surface area (Å²) in [6.07, 6.45) is -0.595. The van der Waals surface area contributed by atoms with Crippen molar-refractivity contribution in [2.24, 2.45) is 0 Å². The van der Waals surface area contributed by atoms with Gasteiger partial charge in [-0.05, 0) is 12.5 Å². The summed E-state index contributed by atoms with van der Waals surface area (Å²) in [5, 5.41) is 11.8. The topological polar surface area (TPSA) is 49.3 Å². The number of rotatable bonds is 3. The Kier molecular flexibility index (Phi) is 3.65. The van der Waals surface area contributed by atoms with Crippen molar-refractivity contribution in [3.63, 3.8) is 0 Å². The molecule has 0 spiro atoms. The minimum atomic E-state index is -0.956. The lowest BCUT2D eigenvalue weighted by Gasteiger charge is -2.08. The van der Waals surface area contributed by atoms with Gasteiger partial charge in [0, 0.05) is 13.5 Å². The van der Waals surface area contributed by atoms with Crippen molar-refractivity contribution >= 4 is 5.91 Å². The standard InChI is InChI=1S/C11H15NO2/c1-8-3-5-9(6-4-8)7-10(13)11(14)12-2/h3-6,10,13H,7H2,1-2H3,(H,12,14). The average Bonchev–Trinajstić information content (AvgIpc) is 2.20. The number of aliphatic hydroxyl groups is 1. The van der Waals surface area contributed by atoms with Gasteiger partial charge in [-0.1, -0.05) is 29.8 Å². The predicted molar refractivity (Wildman–Crippen MR) is 55.0 cm³/mol. The van der Waals surface area contributed by atoms with Crippen LogP contribution in [0.1, 0.15) is 11.1 Å². The Morgan fingerprint density at radius 2 is 2.00 bits per heavy atom. The molecule has 1 unspecified atom stereocenters. The molecule has 0 saturated carbocycles. The van der Waals surface area contributed by atoms with Crippen LogP contribution in [0.2, 0.25) is 0 Å². The lowest BCUT2D eigenvalue weighted by molar-refractivity contribution is -0.128. The van der Waals surface area contributed by atoms with E-state index in [1.807, 2.05) is 31.2 Å². The highest BCUT2D eigenvalue weighted by molar-refractivity contribution is 5.80. The van der Waals surface area contributed by atoms with Crippen LogP contribution in [0.4, 0.5) is 0 Å². The Balaban J connectivity index is 2.60. The third-order valence-corrected chi connectivity index (χ3v) is 2.10. The Labute approximate surface area is 83.8 Å². The molecule has 0 fully saturated rings. The second-order valence-corrected chi connectivity index (χ2v) is 3.32. The molecule has 1 aromatic rings. The van der Waals surface area contributed by atoms with Crippen LogP contribution in [-0.2, 0) is 11.2 Å². The molecule has 0 aliphatic heterocycles. The monoisotopic (exact) mass is 193 g/mol. The maximum absolute atomic E-state index is 11.0. The van der Waals surface area contributed by atoms with Crippen LogP contribution in [0, 0.1) is 6.92 Å². The number of likely N-dealkylation sites (N-methyl/N-ethyl adjacent to an activating group) is 1. The van der Waals surface area contributed by atoms with Crippen LogP contribution in [0.3, 0.4) is 0 Å². The summed E-state index contributed by atoms with van der Waals surface area (Å²) in [4.78, 5) is 11.0. The SMILES string of the molecule is CNC(=O)C(O)Cc1ccc(C)cc1. The molecule has 1 rings (SSSR count). The van der Waals surface area contributed by atoms with E-state index in [9.17, 15) is 9.90 Å². The molecule has 0 aromatic heterocycles. The molecule has 0 aliphatic rings. The molecule has 1 atom stereocenters. The number of amides is 1. The van der Waals surface area contributed by atoms with Crippen molar-refractivity contribution in [3.8, 4) is 0 Å². The highest BCUT2D eigenvalue weighted by Crippen LogP contribution is 2.06. The molecule has 76 valence electrons. The quantitative estimate of drug-likeness (QED) is 0.740. The van der Waals surface area contributed by atoms with Gasteiger partial charge >= 0.3 is 0 Å². The molecule has 0 radical (unpaired) electrons. The molecule has 0 aliphatic carbocycles. The van der Waals surface area contributed by atoms with Crippen LogP contribution in [0.25, 0.3) is 0 Å². The van der Waals surface area contributed by atoms with Gasteiger partial charge in [0.25, 0.3) is 0 Å². The zero-order valence-electron chi connectivity index (χ0n) is 8.45. The number of aryl methyl sites for hydroxylation is 1. The van der Waals surface area contributed by atoms with Gasteiger partial charge < -0.3 is 10.4 Å². The smallest absolute Gasteiger partial charge is 0.248 e. The Bertz CT molecular complexity index is 306. The van der Waals surface area contributed by atoms with Gasteiger partial charge in [-0.3, -0.25) is 4.79 Å². The van der Waals surface area contributed by atoms with Gasteiger partial charge in [-0.25, -0.2) is 0 Å². The number of aliphatic hydroxyl groups excluding tert-OH is 1. The van der Waals surface area contributed by atoms with E-state index in [1.165, 1.54) is 12.6 Å². The van der Waals surface area contributed by atoms with Crippen molar-refractivity contribution in [2.75, 3.05) is 7.05 Å². The first-order valence-corrected chi connectivity index (χ1v) is 4.58. The second kappa shape index (κ2) is 4.77.